The third kappa shape index (κ3) is 5.45. The number of amides is 1. The van der Waals surface area contributed by atoms with Crippen LogP contribution in [-0.4, -0.2) is 39.7 Å². The molecule has 0 saturated carbocycles. The quantitative estimate of drug-likeness (QED) is 0.198. The highest BCUT2D eigenvalue weighted by Gasteiger charge is 2.17. The molecule has 0 aliphatic heterocycles. The van der Waals surface area contributed by atoms with E-state index in [0.29, 0.717) is 11.0 Å². The van der Waals surface area contributed by atoms with Crippen molar-refractivity contribution in [3.8, 4) is 22.8 Å². The third-order valence-electron chi connectivity index (χ3n) is 4.30. The Labute approximate surface area is 201 Å². The van der Waals surface area contributed by atoms with E-state index in [1.165, 1.54) is 23.1 Å². The first-order valence-electron chi connectivity index (χ1n) is 9.49. The fourth-order valence-corrected chi connectivity index (χ4v) is 4.87. The lowest BCUT2D eigenvalue weighted by Crippen LogP contribution is -2.19. The van der Waals surface area contributed by atoms with Gasteiger partial charge in [0.2, 0.25) is 0 Å². The van der Waals surface area contributed by atoms with Gasteiger partial charge in [-0.3, -0.25) is 9.36 Å². The number of ether oxygens (including phenoxy) is 1. The van der Waals surface area contributed by atoms with Crippen LogP contribution in [0.4, 0.5) is 0 Å². The number of carbonyl (C=O) groups excluding carboxylic acids is 1. The van der Waals surface area contributed by atoms with Gasteiger partial charge < -0.3 is 4.74 Å². The number of rotatable bonds is 8. The van der Waals surface area contributed by atoms with Crippen LogP contribution in [0.1, 0.15) is 4.88 Å². The van der Waals surface area contributed by atoms with Crippen molar-refractivity contribution in [2.45, 2.75) is 5.16 Å². The molecule has 4 rings (SSSR count). The molecule has 2 aromatic carbocycles. The highest BCUT2D eigenvalue weighted by molar-refractivity contribution is 9.11. The molecule has 2 aromatic heterocycles. The van der Waals surface area contributed by atoms with Gasteiger partial charge in [0.25, 0.3) is 5.91 Å². The van der Waals surface area contributed by atoms with E-state index in [4.69, 9.17) is 4.74 Å². The van der Waals surface area contributed by atoms with Crippen LogP contribution in [0.3, 0.4) is 0 Å². The minimum Gasteiger partial charge on any atom is -0.497 e. The highest BCUT2D eigenvalue weighted by atomic mass is 79.9. The lowest BCUT2D eigenvalue weighted by molar-refractivity contribution is -0.118. The number of nitrogens with one attached hydrogen (secondary N) is 1. The Morgan fingerprint density at radius 1 is 1.16 bits per heavy atom. The highest BCUT2D eigenvalue weighted by Crippen LogP contribution is 2.29. The van der Waals surface area contributed by atoms with Gasteiger partial charge >= 0.3 is 0 Å². The number of hydrogen-bond acceptors (Lipinski definition) is 7. The van der Waals surface area contributed by atoms with Gasteiger partial charge in [-0.15, -0.1) is 21.5 Å². The largest absolute Gasteiger partial charge is 0.497 e. The first-order chi connectivity index (χ1) is 15.6. The number of thiophene rings is 1. The van der Waals surface area contributed by atoms with Crippen LogP contribution in [0.5, 0.6) is 5.75 Å². The predicted molar refractivity (Wildman–Crippen MR) is 132 cm³/mol. The van der Waals surface area contributed by atoms with Crippen molar-refractivity contribution in [3.05, 3.63) is 75.4 Å². The Bertz CT molecular complexity index is 1220. The number of para-hydroxylation sites is 1. The summed E-state index contributed by atoms with van der Waals surface area (Å²) in [6.45, 7) is 0. The van der Waals surface area contributed by atoms with Gasteiger partial charge in [-0.2, -0.15) is 5.10 Å². The van der Waals surface area contributed by atoms with Gasteiger partial charge in [-0.25, -0.2) is 5.43 Å². The number of nitrogens with zero attached hydrogens (tertiary/aromatic N) is 4. The lowest BCUT2D eigenvalue weighted by Gasteiger charge is -2.10. The zero-order valence-corrected chi connectivity index (χ0v) is 20.2. The summed E-state index contributed by atoms with van der Waals surface area (Å²) in [5.74, 6) is 1.37. The molecule has 32 heavy (non-hydrogen) atoms. The van der Waals surface area contributed by atoms with E-state index >= 15 is 0 Å². The number of thioether (sulfide) groups is 1. The van der Waals surface area contributed by atoms with Gasteiger partial charge in [0, 0.05) is 16.1 Å². The maximum absolute atomic E-state index is 12.3. The summed E-state index contributed by atoms with van der Waals surface area (Å²) in [4.78, 5) is 13.2. The normalized spacial score (nSPS) is 11.1. The standard InChI is InChI=1S/C22H18BrN5O2S2/c1-30-17-9-7-15(8-10-17)21-26-27-22(28(21)16-5-3-2-4-6-16)31-14-20(29)25-24-13-18-11-12-19(23)32-18/h2-13H,14H2,1H3,(H,25,29). The molecular weight excluding hydrogens is 510 g/mol. The van der Waals surface area contributed by atoms with Crippen LogP contribution in [-0.2, 0) is 4.79 Å². The van der Waals surface area contributed by atoms with Crippen LogP contribution < -0.4 is 10.2 Å². The predicted octanol–water partition coefficient (Wildman–Crippen LogP) is 5.01. The molecule has 0 aliphatic rings. The molecule has 0 fully saturated rings. The molecule has 4 aromatic rings. The van der Waals surface area contributed by atoms with Crippen LogP contribution in [0, 0.1) is 0 Å². The zero-order chi connectivity index (χ0) is 22.3. The third-order valence-corrected chi connectivity index (χ3v) is 6.79. The van der Waals surface area contributed by atoms with Gasteiger partial charge in [0.05, 0.1) is 22.9 Å². The van der Waals surface area contributed by atoms with Crippen molar-refractivity contribution in [2.24, 2.45) is 5.10 Å². The van der Waals surface area contributed by atoms with Crippen molar-refractivity contribution >= 4 is 51.2 Å². The second-order valence-corrected chi connectivity index (χ2v) is 9.87. The summed E-state index contributed by atoms with van der Waals surface area (Å²) in [5, 5.41) is 13.4. The molecule has 0 radical (unpaired) electrons. The lowest BCUT2D eigenvalue weighted by atomic mass is 10.2. The van der Waals surface area contributed by atoms with Crippen molar-refractivity contribution in [2.75, 3.05) is 12.9 Å². The Hall–Kier alpha value is -2.95. The second-order valence-electron chi connectivity index (χ2n) is 6.43. The molecule has 0 spiro atoms. The molecule has 1 N–H and O–H groups in total. The van der Waals surface area contributed by atoms with E-state index in [0.717, 1.165) is 25.7 Å². The number of carbonyl (C=O) groups is 1. The minimum absolute atomic E-state index is 0.152. The van der Waals surface area contributed by atoms with Crippen LogP contribution >= 0.6 is 39.0 Å². The van der Waals surface area contributed by atoms with Crippen molar-refractivity contribution in [3.63, 3.8) is 0 Å². The number of hydrogen-bond donors (Lipinski definition) is 1. The Balaban J connectivity index is 1.51. The van der Waals surface area contributed by atoms with E-state index in [2.05, 4.69) is 36.7 Å². The minimum atomic E-state index is -0.226. The summed E-state index contributed by atoms with van der Waals surface area (Å²) >= 11 is 6.23. The summed E-state index contributed by atoms with van der Waals surface area (Å²) in [6.07, 6.45) is 1.62. The average molecular weight is 528 g/mol. The van der Waals surface area contributed by atoms with Gasteiger partial charge in [0.15, 0.2) is 11.0 Å². The smallest absolute Gasteiger partial charge is 0.250 e. The average Bonchev–Trinajstić information content (AvgIpc) is 3.44. The van der Waals surface area contributed by atoms with E-state index in [1.54, 1.807) is 13.3 Å². The molecule has 10 heteroatoms. The van der Waals surface area contributed by atoms with E-state index in [9.17, 15) is 4.79 Å². The molecule has 2 heterocycles. The Kier molecular flexibility index (Phi) is 7.35. The fraction of sp³-hybridized carbons (Fsp3) is 0.0909. The fourth-order valence-electron chi connectivity index (χ4n) is 2.83. The van der Waals surface area contributed by atoms with Crippen molar-refractivity contribution < 1.29 is 9.53 Å². The molecule has 0 bridgehead atoms. The first kappa shape index (κ1) is 22.3. The summed E-state index contributed by atoms with van der Waals surface area (Å²) in [7, 11) is 1.63. The van der Waals surface area contributed by atoms with Crippen molar-refractivity contribution in [1.29, 1.82) is 0 Å². The maximum Gasteiger partial charge on any atom is 0.250 e. The van der Waals surface area contributed by atoms with E-state index < -0.39 is 0 Å². The summed E-state index contributed by atoms with van der Waals surface area (Å²) < 4.78 is 8.19. The molecule has 0 atom stereocenters. The topological polar surface area (TPSA) is 81.4 Å². The second kappa shape index (κ2) is 10.6. The molecule has 1 amide bonds. The maximum atomic E-state index is 12.3. The number of aromatic nitrogens is 3. The molecule has 0 aliphatic carbocycles. The van der Waals surface area contributed by atoms with Gasteiger partial charge in [0.1, 0.15) is 5.75 Å². The number of hydrazone groups is 1. The summed E-state index contributed by atoms with van der Waals surface area (Å²) in [6, 6.07) is 21.3. The summed E-state index contributed by atoms with van der Waals surface area (Å²) in [5.41, 5.74) is 4.35. The van der Waals surface area contributed by atoms with Crippen LogP contribution in [0.2, 0.25) is 0 Å². The molecule has 162 valence electrons. The first-order valence-corrected chi connectivity index (χ1v) is 12.1. The number of benzene rings is 2. The number of halogens is 1. The van der Waals surface area contributed by atoms with Gasteiger partial charge in [-0.1, -0.05) is 30.0 Å². The molecule has 7 nitrogen and oxygen atoms in total. The molecule has 0 saturated heterocycles. The van der Waals surface area contributed by atoms with Gasteiger partial charge in [-0.05, 0) is 64.5 Å². The molecular formula is C22H18BrN5O2S2. The van der Waals surface area contributed by atoms with Crippen LogP contribution in [0.25, 0.3) is 17.1 Å². The Morgan fingerprint density at radius 2 is 1.94 bits per heavy atom. The van der Waals surface area contributed by atoms with E-state index in [-0.39, 0.29) is 11.7 Å². The number of methoxy groups -OCH3 is 1. The van der Waals surface area contributed by atoms with Crippen LogP contribution in [0.15, 0.2) is 80.8 Å². The monoisotopic (exact) mass is 527 g/mol. The zero-order valence-electron chi connectivity index (χ0n) is 16.9. The SMILES string of the molecule is COc1ccc(-c2nnc(SCC(=O)NN=Cc3ccc(Br)s3)n2-c2ccccc2)cc1. The van der Waals surface area contributed by atoms with E-state index in [1.807, 2.05) is 71.3 Å². The molecule has 0 unspecified atom stereocenters. The van der Waals surface area contributed by atoms with Crippen molar-refractivity contribution in [1.82, 2.24) is 20.2 Å². The Morgan fingerprint density at radius 3 is 2.62 bits per heavy atom.